The molecule has 0 aliphatic rings. The molecule has 0 saturated carbocycles. The molecular formula is C18H18Cl2N2O3. The Hall–Kier alpha value is -2.08. The number of carbonyl (C=O) groups excluding carboxylic acids is 1. The van der Waals surface area contributed by atoms with E-state index >= 15 is 0 Å². The monoisotopic (exact) mass is 380 g/mol. The quantitative estimate of drug-likeness (QED) is 0.468. The number of amides is 1. The molecule has 0 aliphatic heterocycles. The molecule has 7 heteroatoms. The summed E-state index contributed by atoms with van der Waals surface area (Å²) in [5.74, 6) is -0.386. The maximum atomic E-state index is 12.4. The third kappa shape index (κ3) is 6.38. The molecule has 132 valence electrons. The fourth-order valence-electron chi connectivity index (χ4n) is 1.90. The molecule has 2 aromatic rings. The number of ether oxygens (including phenoxy) is 2. The minimum absolute atomic E-state index is 0.122. The van der Waals surface area contributed by atoms with E-state index in [9.17, 15) is 4.79 Å². The Morgan fingerprint density at radius 2 is 1.84 bits per heavy atom. The van der Waals surface area contributed by atoms with Crippen LogP contribution in [0, 0.1) is 0 Å². The van der Waals surface area contributed by atoms with Gasteiger partial charge in [-0.05, 0) is 23.8 Å². The van der Waals surface area contributed by atoms with Gasteiger partial charge in [-0.1, -0.05) is 53.5 Å². The van der Waals surface area contributed by atoms with Crippen LogP contribution in [0.3, 0.4) is 0 Å². The molecule has 0 aromatic heterocycles. The number of carbonyl (C=O) groups is 1. The van der Waals surface area contributed by atoms with Crippen LogP contribution < -0.4 is 5.32 Å². The summed E-state index contributed by atoms with van der Waals surface area (Å²) in [4.78, 5) is 16.7. The van der Waals surface area contributed by atoms with Crippen molar-refractivity contribution in [1.29, 1.82) is 0 Å². The van der Waals surface area contributed by atoms with E-state index in [2.05, 4.69) is 10.3 Å². The summed E-state index contributed by atoms with van der Waals surface area (Å²) in [6, 6.07) is 14.4. The second-order valence-electron chi connectivity index (χ2n) is 5.03. The number of rotatable bonds is 6. The predicted molar refractivity (Wildman–Crippen MR) is 99.3 cm³/mol. The first-order chi connectivity index (χ1) is 12.1. The molecule has 0 bridgehead atoms. The number of hydrogen-bond acceptors (Lipinski definition) is 4. The van der Waals surface area contributed by atoms with E-state index in [1.165, 1.54) is 6.07 Å². The highest BCUT2D eigenvalue weighted by molar-refractivity contribution is 6.42. The van der Waals surface area contributed by atoms with Crippen LogP contribution in [0.5, 0.6) is 0 Å². The maximum absolute atomic E-state index is 12.4. The second kappa shape index (κ2) is 10.0. The first kappa shape index (κ1) is 19.2. The van der Waals surface area contributed by atoms with Crippen molar-refractivity contribution in [1.82, 2.24) is 5.32 Å². The zero-order chi connectivity index (χ0) is 18.1. The molecule has 0 saturated heterocycles. The summed E-state index contributed by atoms with van der Waals surface area (Å²) in [7, 11) is 1.57. The van der Waals surface area contributed by atoms with Gasteiger partial charge in [0.05, 0.1) is 23.2 Å². The lowest BCUT2D eigenvalue weighted by Crippen LogP contribution is -2.33. The lowest BCUT2D eigenvalue weighted by Gasteiger charge is -2.11. The van der Waals surface area contributed by atoms with Crippen LogP contribution in [-0.4, -0.2) is 32.3 Å². The largest absolute Gasteiger partial charge is 0.463 e. The molecule has 0 unspecified atom stereocenters. The average Bonchev–Trinajstić information content (AvgIpc) is 2.62. The lowest BCUT2D eigenvalue weighted by atomic mass is 10.2. The molecule has 1 amide bonds. The highest BCUT2D eigenvalue weighted by Crippen LogP contribution is 2.22. The van der Waals surface area contributed by atoms with Gasteiger partial charge in [0.1, 0.15) is 6.61 Å². The molecule has 5 nitrogen and oxygen atoms in total. The van der Waals surface area contributed by atoms with Gasteiger partial charge in [0, 0.05) is 12.7 Å². The summed E-state index contributed by atoms with van der Waals surface area (Å²) >= 11 is 11.8. The number of benzene rings is 2. The highest BCUT2D eigenvalue weighted by atomic mass is 35.5. The van der Waals surface area contributed by atoms with Crippen molar-refractivity contribution in [2.24, 2.45) is 4.99 Å². The Bertz CT molecular complexity index is 736. The van der Waals surface area contributed by atoms with Crippen LogP contribution in [0.2, 0.25) is 10.0 Å². The number of halogens is 2. The summed E-state index contributed by atoms with van der Waals surface area (Å²) in [6.07, 6.45) is 0. The Kier molecular flexibility index (Phi) is 7.73. The fourth-order valence-corrected chi connectivity index (χ4v) is 2.19. The van der Waals surface area contributed by atoms with Gasteiger partial charge < -0.3 is 9.47 Å². The zero-order valence-electron chi connectivity index (χ0n) is 13.7. The third-order valence-corrected chi connectivity index (χ3v) is 3.92. The third-order valence-electron chi connectivity index (χ3n) is 3.18. The molecule has 0 aliphatic carbocycles. The molecule has 2 rings (SSSR count). The van der Waals surface area contributed by atoms with Gasteiger partial charge in [-0.15, -0.1) is 0 Å². The van der Waals surface area contributed by atoms with E-state index in [0.29, 0.717) is 28.8 Å². The number of hydrogen-bond donors (Lipinski definition) is 1. The van der Waals surface area contributed by atoms with E-state index in [4.69, 9.17) is 32.7 Å². The van der Waals surface area contributed by atoms with E-state index < -0.39 is 0 Å². The SMILES string of the molecule is COCCOC(=NCc1ccccc1)NC(=O)c1ccc(Cl)c(Cl)c1. The van der Waals surface area contributed by atoms with Gasteiger partial charge in [0.2, 0.25) is 0 Å². The Balaban J connectivity index is 2.08. The molecule has 0 spiro atoms. The first-order valence-corrected chi connectivity index (χ1v) is 8.32. The van der Waals surface area contributed by atoms with Gasteiger partial charge in [-0.3, -0.25) is 10.1 Å². The van der Waals surface area contributed by atoms with Crippen molar-refractivity contribution >= 4 is 35.1 Å². The Labute approximate surface area is 156 Å². The predicted octanol–water partition coefficient (Wildman–Crippen LogP) is 3.94. The second-order valence-corrected chi connectivity index (χ2v) is 5.85. The molecule has 0 atom stereocenters. The minimum atomic E-state index is -0.386. The van der Waals surface area contributed by atoms with E-state index in [-0.39, 0.29) is 18.5 Å². The van der Waals surface area contributed by atoms with Crippen LogP contribution in [0.15, 0.2) is 53.5 Å². The molecular weight excluding hydrogens is 363 g/mol. The molecule has 0 heterocycles. The van der Waals surface area contributed by atoms with Crippen molar-refractivity contribution in [3.05, 3.63) is 69.7 Å². The first-order valence-electron chi connectivity index (χ1n) is 7.56. The van der Waals surface area contributed by atoms with Crippen LogP contribution in [0.4, 0.5) is 0 Å². The van der Waals surface area contributed by atoms with E-state index in [1.54, 1.807) is 19.2 Å². The van der Waals surface area contributed by atoms with Crippen LogP contribution in [-0.2, 0) is 16.0 Å². The molecule has 2 aromatic carbocycles. The van der Waals surface area contributed by atoms with Crippen molar-refractivity contribution in [3.8, 4) is 0 Å². The van der Waals surface area contributed by atoms with Crippen LogP contribution in [0.25, 0.3) is 0 Å². The molecule has 0 fully saturated rings. The van der Waals surface area contributed by atoms with Crippen molar-refractivity contribution in [2.45, 2.75) is 6.54 Å². The highest BCUT2D eigenvalue weighted by Gasteiger charge is 2.12. The average molecular weight is 381 g/mol. The van der Waals surface area contributed by atoms with E-state index in [0.717, 1.165) is 5.56 Å². The van der Waals surface area contributed by atoms with Crippen molar-refractivity contribution < 1.29 is 14.3 Å². The zero-order valence-corrected chi connectivity index (χ0v) is 15.2. The summed E-state index contributed by atoms with van der Waals surface area (Å²) < 4.78 is 10.4. The van der Waals surface area contributed by atoms with E-state index in [1.807, 2.05) is 30.3 Å². The Morgan fingerprint density at radius 3 is 2.52 bits per heavy atom. The topological polar surface area (TPSA) is 59.9 Å². The number of aliphatic imine (C=N–C) groups is 1. The number of amidine groups is 1. The summed E-state index contributed by atoms with van der Waals surface area (Å²) in [5.41, 5.74) is 1.36. The van der Waals surface area contributed by atoms with Gasteiger partial charge in [0.15, 0.2) is 0 Å². The molecule has 25 heavy (non-hydrogen) atoms. The molecule has 1 N–H and O–H groups in total. The number of nitrogens with zero attached hydrogens (tertiary/aromatic N) is 1. The summed E-state index contributed by atoms with van der Waals surface area (Å²) in [5, 5.41) is 3.33. The molecule has 0 radical (unpaired) electrons. The number of methoxy groups -OCH3 is 1. The minimum Gasteiger partial charge on any atom is -0.463 e. The maximum Gasteiger partial charge on any atom is 0.292 e. The lowest BCUT2D eigenvalue weighted by molar-refractivity contribution is 0.0954. The number of nitrogens with one attached hydrogen (secondary N) is 1. The van der Waals surface area contributed by atoms with Gasteiger partial charge >= 0.3 is 0 Å². The van der Waals surface area contributed by atoms with Crippen LogP contribution in [0.1, 0.15) is 15.9 Å². The van der Waals surface area contributed by atoms with Crippen LogP contribution >= 0.6 is 23.2 Å². The summed E-state index contributed by atoms with van der Waals surface area (Å²) in [6.45, 7) is 1.03. The van der Waals surface area contributed by atoms with Gasteiger partial charge in [-0.25, -0.2) is 4.99 Å². The standard InChI is InChI=1S/C18H18Cl2N2O3/c1-24-9-10-25-18(21-12-13-5-3-2-4-6-13)22-17(23)14-7-8-15(19)16(20)11-14/h2-8,11H,9-10,12H2,1H3,(H,21,22,23). The van der Waals surface area contributed by atoms with Gasteiger partial charge in [0.25, 0.3) is 11.9 Å². The smallest absolute Gasteiger partial charge is 0.292 e. The van der Waals surface area contributed by atoms with Crippen molar-refractivity contribution in [3.63, 3.8) is 0 Å². The normalized spacial score (nSPS) is 11.2. The Morgan fingerprint density at radius 1 is 1.08 bits per heavy atom. The van der Waals surface area contributed by atoms with Crippen molar-refractivity contribution in [2.75, 3.05) is 20.3 Å². The fraction of sp³-hybridized carbons (Fsp3) is 0.222. The van der Waals surface area contributed by atoms with Gasteiger partial charge in [-0.2, -0.15) is 0 Å².